The van der Waals surface area contributed by atoms with E-state index < -0.39 is 10.0 Å². The average molecular weight is 316 g/mol. The number of hydrogen-bond acceptors (Lipinski definition) is 4. The lowest BCUT2D eigenvalue weighted by Gasteiger charge is -2.34. The Hall–Kier alpha value is -0.430. The van der Waals surface area contributed by atoms with E-state index in [0.717, 1.165) is 23.3 Å². The molecule has 1 saturated carbocycles. The van der Waals surface area contributed by atoms with Gasteiger partial charge in [0.2, 0.25) is 10.0 Å². The third-order valence-electron chi connectivity index (χ3n) is 4.46. The van der Waals surface area contributed by atoms with Crippen molar-refractivity contribution >= 4 is 21.4 Å². The minimum atomic E-state index is -3.42. The molecule has 2 rings (SSSR count). The van der Waals surface area contributed by atoms with E-state index in [4.69, 9.17) is 5.73 Å². The zero-order valence-corrected chi connectivity index (χ0v) is 14.0. The Morgan fingerprint density at radius 2 is 2.10 bits per heavy atom. The quantitative estimate of drug-likeness (QED) is 0.897. The van der Waals surface area contributed by atoms with Crippen LogP contribution in [0.2, 0.25) is 0 Å². The SMILES string of the molecule is Cc1cc(S(=O)(=O)NC2CCCC(C)C2C)sc1CN. The maximum Gasteiger partial charge on any atom is 0.250 e. The molecule has 0 spiro atoms. The van der Waals surface area contributed by atoms with E-state index in [0.29, 0.717) is 22.6 Å². The van der Waals surface area contributed by atoms with Gasteiger partial charge in [0.05, 0.1) is 0 Å². The number of hydrogen-bond donors (Lipinski definition) is 2. The van der Waals surface area contributed by atoms with E-state index >= 15 is 0 Å². The van der Waals surface area contributed by atoms with Gasteiger partial charge in [0, 0.05) is 17.5 Å². The first-order valence-corrected chi connectivity index (χ1v) is 9.47. The van der Waals surface area contributed by atoms with Gasteiger partial charge in [0.1, 0.15) is 4.21 Å². The third kappa shape index (κ3) is 3.24. The summed E-state index contributed by atoms with van der Waals surface area (Å²) in [7, 11) is -3.42. The highest BCUT2D eigenvalue weighted by atomic mass is 32.2. The molecule has 1 aliphatic rings. The smallest absolute Gasteiger partial charge is 0.250 e. The maximum absolute atomic E-state index is 12.5. The van der Waals surface area contributed by atoms with Crippen molar-refractivity contribution in [2.45, 2.75) is 56.8 Å². The van der Waals surface area contributed by atoms with E-state index in [-0.39, 0.29) is 6.04 Å². The lowest BCUT2D eigenvalue weighted by Crippen LogP contribution is -2.43. The number of thiophene rings is 1. The van der Waals surface area contributed by atoms with Crippen LogP contribution in [0.25, 0.3) is 0 Å². The lowest BCUT2D eigenvalue weighted by molar-refractivity contribution is 0.227. The van der Waals surface area contributed by atoms with Crippen molar-refractivity contribution in [1.82, 2.24) is 4.72 Å². The summed E-state index contributed by atoms with van der Waals surface area (Å²) in [5.74, 6) is 0.953. The van der Waals surface area contributed by atoms with Crippen molar-refractivity contribution in [2.75, 3.05) is 0 Å². The summed E-state index contributed by atoms with van der Waals surface area (Å²) in [6.07, 6.45) is 3.21. The van der Waals surface area contributed by atoms with E-state index in [1.165, 1.54) is 17.8 Å². The van der Waals surface area contributed by atoms with Crippen LogP contribution in [-0.2, 0) is 16.6 Å². The average Bonchev–Trinajstić information content (AvgIpc) is 2.77. The fourth-order valence-electron chi connectivity index (χ4n) is 2.83. The van der Waals surface area contributed by atoms with Crippen LogP contribution in [0.15, 0.2) is 10.3 Å². The van der Waals surface area contributed by atoms with Gasteiger partial charge in [-0.3, -0.25) is 0 Å². The number of aryl methyl sites for hydroxylation is 1. The summed E-state index contributed by atoms with van der Waals surface area (Å²) in [5.41, 5.74) is 6.59. The number of sulfonamides is 1. The Kier molecular flexibility index (Phi) is 4.89. The molecule has 6 heteroatoms. The molecule has 3 N–H and O–H groups in total. The molecular formula is C14H24N2O2S2. The number of nitrogens with two attached hydrogens (primary N) is 1. The standard InChI is InChI=1S/C14H24N2O2S2/c1-9-5-4-6-12(11(9)3)16-20(17,18)14-7-10(2)13(8-15)19-14/h7,9,11-12,16H,4-6,8,15H2,1-3H3. The summed E-state index contributed by atoms with van der Waals surface area (Å²) in [4.78, 5) is 0.940. The second-order valence-corrected chi connectivity index (χ2v) is 8.95. The third-order valence-corrected chi connectivity index (χ3v) is 7.68. The van der Waals surface area contributed by atoms with Crippen LogP contribution in [0.3, 0.4) is 0 Å². The van der Waals surface area contributed by atoms with Gasteiger partial charge in [-0.2, -0.15) is 0 Å². The normalized spacial score (nSPS) is 27.7. The predicted octanol–water partition coefficient (Wildman–Crippen LogP) is 2.62. The van der Waals surface area contributed by atoms with Gasteiger partial charge < -0.3 is 5.73 Å². The van der Waals surface area contributed by atoms with Gasteiger partial charge in [-0.15, -0.1) is 11.3 Å². The van der Waals surface area contributed by atoms with Crippen LogP contribution in [0.1, 0.15) is 43.6 Å². The summed E-state index contributed by atoms with van der Waals surface area (Å²) in [6, 6.07) is 1.78. The van der Waals surface area contributed by atoms with E-state index in [1.807, 2.05) is 6.92 Å². The molecular weight excluding hydrogens is 292 g/mol. The summed E-state index contributed by atoms with van der Waals surface area (Å²) >= 11 is 1.28. The molecule has 1 aromatic heterocycles. The van der Waals surface area contributed by atoms with Crippen LogP contribution in [0.4, 0.5) is 0 Å². The topological polar surface area (TPSA) is 72.2 Å². The molecule has 20 heavy (non-hydrogen) atoms. The minimum absolute atomic E-state index is 0.0486. The first-order valence-electron chi connectivity index (χ1n) is 7.17. The van der Waals surface area contributed by atoms with Crippen molar-refractivity contribution in [3.05, 3.63) is 16.5 Å². The molecule has 0 aliphatic heterocycles. The zero-order chi connectivity index (χ0) is 14.9. The van der Waals surface area contributed by atoms with Crippen molar-refractivity contribution in [3.8, 4) is 0 Å². The van der Waals surface area contributed by atoms with Crippen LogP contribution >= 0.6 is 11.3 Å². The Morgan fingerprint density at radius 3 is 2.70 bits per heavy atom. The molecule has 114 valence electrons. The van der Waals surface area contributed by atoms with Gasteiger partial charge in [0.25, 0.3) is 0 Å². The van der Waals surface area contributed by atoms with Gasteiger partial charge in [-0.05, 0) is 36.8 Å². The maximum atomic E-state index is 12.5. The van der Waals surface area contributed by atoms with Crippen LogP contribution in [-0.4, -0.2) is 14.5 Å². The predicted molar refractivity (Wildman–Crippen MR) is 83.2 cm³/mol. The highest BCUT2D eigenvalue weighted by Crippen LogP contribution is 2.32. The van der Waals surface area contributed by atoms with Crippen LogP contribution < -0.4 is 10.5 Å². The van der Waals surface area contributed by atoms with Crippen molar-refractivity contribution in [3.63, 3.8) is 0 Å². The fraction of sp³-hybridized carbons (Fsp3) is 0.714. The molecule has 0 radical (unpaired) electrons. The molecule has 3 unspecified atom stereocenters. The second kappa shape index (κ2) is 6.13. The number of nitrogens with one attached hydrogen (secondary N) is 1. The van der Waals surface area contributed by atoms with E-state index in [2.05, 4.69) is 18.6 Å². The largest absolute Gasteiger partial charge is 0.326 e. The number of rotatable bonds is 4. The van der Waals surface area contributed by atoms with E-state index in [1.54, 1.807) is 6.07 Å². The first-order chi connectivity index (χ1) is 9.35. The second-order valence-electron chi connectivity index (χ2n) is 5.87. The minimum Gasteiger partial charge on any atom is -0.326 e. The van der Waals surface area contributed by atoms with Gasteiger partial charge >= 0.3 is 0 Å². The summed E-state index contributed by atoms with van der Waals surface area (Å²) in [5, 5.41) is 0. The summed E-state index contributed by atoms with van der Waals surface area (Å²) < 4.78 is 28.3. The molecule has 1 aromatic rings. The van der Waals surface area contributed by atoms with Gasteiger partial charge in [0.15, 0.2) is 0 Å². The van der Waals surface area contributed by atoms with Crippen molar-refractivity contribution in [1.29, 1.82) is 0 Å². The molecule has 0 bridgehead atoms. The highest BCUT2D eigenvalue weighted by Gasteiger charge is 2.31. The Labute approximate surface area is 125 Å². The van der Waals surface area contributed by atoms with Gasteiger partial charge in [-0.1, -0.05) is 26.7 Å². The molecule has 1 heterocycles. The fourth-order valence-corrected chi connectivity index (χ4v) is 5.68. The Morgan fingerprint density at radius 1 is 1.40 bits per heavy atom. The Balaban J connectivity index is 2.18. The lowest BCUT2D eigenvalue weighted by atomic mass is 9.78. The molecule has 0 amide bonds. The van der Waals surface area contributed by atoms with Crippen LogP contribution in [0.5, 0.6) is 0 Å². The first kappa shape index (κ1) is 15.9. The van der Waals surface area contributed by atoms with E-state index in [9.17, 15) is 8.42 Å². The van der Waals surface area contributed by atoms with Crippen LogP contribution in [0, 0.1) is 18.8 Å². The molecule has 4 nitrogen and oxygen atoms in total. The molecule has 1 fully saturated rings. The van der Waals surface area contributed by atoms with Crippen molar-refractivity contribution in [2.24, 2.45) is 17.6 Å². The molecule has 1 aliphatic carbocycles. The molecule has 0 aromatic carbocycles. The molecule has 0 saturated heterocycles. The zero-order valence-electron chi connectivity index (χ0n) is 12.3. The molecule has 3 atom stereocenters. The Bertz CT molecular complexity index is 566. The monoisotopic (exact) mass is 316 g/mol. The van der Waals surface area contributed by atoms with Gasteiger partial charge in [-0.25, -0.2) is 13.1 Å². The summed E-state index contributed by atoms with van der Waals surface area (Å²) in [6.45, 7) is 6.64. The highest BCUT2D eigenvalue weighted by molar-refractivity contribution is 7.91. The van der Waals surface area contributed by atoms with Crippen molar-refractivity contribution < 1.29 is 8.42 Å².